The highest BCUT2D eigenvalue weighted by Gasteiger charge is 2.23. The maximum atomic E-state index is 5.75. The average molecular weight is 260 g/mol. The van der Waals surface area contributed by atoms with Crippen LogP contribution in [0.4, 0.5) is 0 Å². The SMILES string of the molecule is COc1ccc2nccc([C@H]3OC[C@H](N)CO3)c2c1. The number of nitrogens with zero attached hydrogens (tertiary/aromatic N) is 1. The zero-order valence-electron chi connectivity index (χ0n) is 10.7. The summed E-state index contributed by atoms with van der Waals surface area (Å²) in [6, 6.07) is 7.60. The van der Waals surface area contributed by atoms with Crippen molar-refractivity contribution in [3.8, 4) is 5.75 Å². The van der Waals surface area contributed by atoms with Gasteiger partial charge in [0.1, 0.15) is 5.75 Å². The predicted molar refractivity (Wildman–Crippen MR) is 70.9 cm³/mol. The van der Waals surface area contributed by atoms with Gasteiger partial charge in [-0.25, -0.2) is 0 Å². The van der Waals surface area contributed by atoms with Crippen molar-refractivity contribution < 1.29 is 14.2 Å². The third-order valence-electron chi connectivity index (χ3n) is 3.16. The molecule has 0 atom stereocenters. The van der Waals surface area contributed by atoms with E-state index in [1.165, 1.54) is 0 Å². The van der Waals surface area contributed by atoms with Gasteiger partial charge in [-0.2, -0.15) is 0 Å². The van der Waals surface area contributed by atoms with Crippen LogP contribution in [0.5, 0.6) is 5.75 Å². The Bertz CT molecular complexity index is 580. The standard InChI is InChI=1S/C14H16N2O3/c1-17-10-2-3-13-12(6-10)11(4-5-16-13)14-18-7-9(15)8-19-14/h2-6,9,14H,7-8,15H2,1H3/t9-,14-. The molecule has 1 aliphatic rings. The van der Waals surface area contributed by atoms with Crippen LogP contribution in [0, 0.1) is 0 Å². The number of rotatable bonds is 2. The Balaban J connectivity index is 2.02. The van der Waals surface area contributed by atoms with Crippen molar-refractivity contribution in [1.29, 1.82) is 0 Å². The molecule has 0 radical (unpaired) electrons. The minimum atomic E-state index is -0.391. The fraction of sp³-hybridized carbons (Fsp3) is 0.357. The number of pyridine rings is 1. The summed E-state index contributed by atoms with van der Waals surface area (Å²) in [6.07, 6.45) is 1.36. The van der Waals surface area contributed by atoms with Gasteiger partial charge in [0.05, 0.1) is 31.9 Å². The van der Waals surface area contributed by atoms with Crippen molar-refractivity contribution in [3.05, 3.63) is 36.0 Å². The topological polar surface area (TPSA) is 66.6 Å². The summed E-state index contributed by atoms with van der Waals surface area (Å²) < 4.78 is 16.5. The predicted octanol–water partition coefficient (Wildman–Crippen LogP) is 1.62. The van der Waals surface area contributed by atoms with Gasteiger partial charge in [-0.15, -0.1) is 0 Å². The molecule has 2 N–H and O–H groups in total. The number of aromatic nitrogens is 1. The molecule has 5 heteroatoms. The number of nitrogens with two attached hydrogens (primary N) is 1. The van der Waals surface area contributed by atoms with Gasteiger partial charge >= 0.3 is 0 Å². The zero-order chi connectivity index (χ0) is 13.2. The highest BCUT2D eigenvalue weighted by Crippen LogP contribution is 2.30. The number of hydrogen-bond acceptors (Lipinski definition) is 5. The Morgan fingerprint density at radius 1 is 1.26 bits per heavy atom. The smallest absolute Gasteiger partial charge is 0.184 e. The lowest BCUT2D eigenvalue weighted by Crippen LogP contribution is -2.37. The number of methoxy groups -OCH3 is 1. The first-order chi connectivity index (χ1) is 9.28. The van der Waals surface area contributed by atoms with E-state index in [4.69, 9.17) is 19.9 Å². The Kier molecular flexibility index (Phi) is 3.33. The lowest BCUT2D eigenvalue weighted by molar-refractivity contribution is -0.189. The molecular formula is C14H16N2O3. The Hall–Kier alpha value is -1.69. The van der Waals surface area contributed by atoms with Crippen LogP contribution in [0.15, 0.2) is 30.5 Å². The number of ether oxygens (including phenoxy) is 3. The maximum Gasteiger partial charge on any atom is 0.184 e. The first kappa shape index (κ1) is 12.3. The molecule has 100 valence electrons. The molecular weight excluding hydrogens is 244 g/mol. The molecule has 1 saturated heterocycles. The Morgan fingerprint density at radius 2 is 2.05 bits per heavy atom. The highest BCUT2D eigenvalue weighted by atomic mass is 16.7. The molecule has 0 aliphatic carbocycles. The molecule has 2 heterocycles. The number of benzene rings is 1. The molecule has 0 amide bonds. The first-order valence-electron chi connectivity index (χ1n) is 6.19. The third-order valence-corrected chi connectivity index (χ3v) is 3.16. The van der Waals surface area contributed by atoms with E-state index in [1.54, 1.807) is 13.3 Å². The molecule has 2 aromatic rings. The second-order valence-corrected chi connectivity index (χ2v) is 4.54. The van der Waals surface area contributed by atoms with Crippen LogP contribution in [-0.2, 0) is 9.47 Å². The normalized spacial score (nSPS) is 23.5. The summed E-state index contributed by atoms with van der Waals surface area (Å²) in [5.74, 6) is 0.786. The molecule has 1 aromatic carbocycles. The average Bonchev–Trinajstić information content (AvgIpc) is 2.47. The van der Waals surface area contributed by atoms with Gasteiger partial charge in [-0.1, -0.05) is 0 Å². The second-order valence-electron chi connectivity index (χ2n) is 4.54. The van der Waals surface area contributed by atoms with Gasteiger partial charge in [0, 0.05) is 17.1 Å². The molecule has 0 bridgehead atoms. The third kappa shape index (κ3) is 2.40. The van der Waals surface area contributed by atoms with E-state index in [2.05, 4.69) is 4.98 Å². The molecule has 1 fully saturated rings. The van der Waals surface area contributed by atoms with Gasteiger partial charge in [0.2, 0.25) is 0 Å². The van der Waals surface area contributed by atoms with Crippen LogP contribution >= 0.6 is 0 Å². The van der Waals surface area contributed by atoms with Crippen LogP contribution in [0.1, 0.15) is 11.9 Å². The van der Waals surface area contributed by atoms with E-state index < -0.39 is 6.29 Å². The van der Waals surface area contributed by atoms with Crippen molar-refractivity contribution in [2.24, 2.45) is 5.73 Å². The minimum Gasteiger partial charge on any atom is -0.497 e. The van der Waals surface area contributed by atoms with E-state index in [9.17, 15) is 0 Å². The quantitative estimate of drug-likeness (QED) is 0.888. The maximum absolute atomic E-state index is 5.75. The molecule has 1 aliphatic heterocycles. The van der Waals surface area contributed by atoms with E-state index in [-0.39, 0.29) is 6.04 Å². The lowest BCUT2D eigenvalue weighted by atomic mass is 10.1. The summed E-state index contributed by atoms with van der Waals surface area (Å²) in [7, 11) is 1.64. The molecule has 0 unspecified atom stereocenters. The minimum absolute atomic E-state index is 0.0566. The summed E-state index contributed by atoms with van der Waals surface area (Å²) in [6.45, 7) is 0.997. The van der Waals surface area contributed by atoms with Crippen LogP contribution in [0.2, 0.25) is 0 Å². The molecule has 19 heavy (non-hydrogen) atoms. The van der Waals surface area contributed by atoms with Gasteiger partial charge in [-0.05, 0) is 24.3 Å². The highest BCUT2D eigenvalue weighted by molar-refractivity contribution is 5.83. The molecule has 5 nitrogen and oxygen atoms in total. The van der Waals surface area contributed by atoms with E-state index in [1.807, 2.05) is 24.3 Å². The van der Waals surface area contributed by atoms with Crippen LogP contribution in [0.25, 0.3) is 10.9 Å². The molecule has 1 aromatic heterocycles. The van der Waals surface area contributed by atoms with Crippen molar-refractivity contribution >= 4 is 10.9 Å². The number of fused-ring (bicyclic) bond motifs is 1. The van der Waals surface area contributed by atoms with Crippen LogP contribution in [-0.4, -0.2) is 31.3 Å². The molecule has 3 rings (SSSR count). The second kappa shape index (κ2) is 5.13. The van der Waals surface area contributed by atoms with Gasteiger partial charge in [-0.3, -0.25) is 4.98 Å². The van der Waals surface area contributed by atoms with Crippen molar-refractivity contribution in [2.75, 3.05) is 20.3 Å². The van der Waals surface area contributed by atoms with E-state index >= 15 is 0 Å². The fourth-order valence-electron chi connectivity index (χ4n) is 2.18. The largest absolute Gasteiger partial charge is 0.497 e. The van der Waals surface area contributed by atoms with E-state index in [0.29, 0.717) is 13.2 Å². The van der Waals surface area contributed by atoms with E-state index in [0.717, 1.165) is 22.2 Å². The summed E-state index contributed by atoms with van der Waals surface area (Å²) >= 11 is 0. The molecule has 0 saturated carbocycles. The monoisotopic (exact) mass is 260 g/mol. The summed E-state index contributed by atoms with van der Waals surface area (Å²) in [4.78, 5) is 4.34. The first-order valence-corrected chi connectivity index (χ1v) is 6.19. The van der Waals surface area contributed by atoms with Gasteiger partial charge in [0.25, 0.3) is 0 Å². The number of hydrogen-bond donors (Lipinski definition) is 1. The fourth-order valence-corrected chi connectivity index (χ4v) is 2.18. The van der Waals surface area contributed by atoms with Crippen molar-refractivity contribution in [1.82, 2.24) is 4.98 Å². The Morgan fingerprint density at radius 3 is 2.79 bits per heavy atom. The summed E-state index contributed by atoms with van der Waals surface area (Å²) in [5, 5.41) is 0.974. The van der Waals surface area contributed by atoms with Crippen molar-refractivity contribution in [2.45, 2.75) is 12.3 Å². The molecule has 0 spiro atoms. The lowest BCUT2D eigenvalue weighted by Gasteiger charge is -2.28. The van der Waals surface area contributed by atoms with Crippen molar-refractivity contribution in [3.63, 3.8) is 0 Å². The zero-order valence-corrected chi connectivity index (χ0v) is 10.7. The summed E-state index contributed by atoms with van der Waals surface area (Å²) in [5.41, 5.74) is 7.59. The van der Waals surface area contributed by atoms with Gasteiger partial charge < -0.3 is 19.9 Å². The van der Waals surface area contributed by atoms with Gasteiger partial charge in [0.15, 0.2) is 6.29 Å². The van der Waals surface area contributed by atoms with Crippen LogP contribution < -0.4 is 10.5 Å². The Labute approximate surface area is 111 Å². The van der Waals surface area contributed by atoms with Crippen LogP contribution in [0.3, 0.4) is 0 Å².